The number of hydrogen-bond acceptors (Lipinski definition) is 3. The minimum absolute atomic E-state index is 0.623. The zero-order chi connectivity index (χ0) is 13.9. The van der Waals surface area contributed by atoms with E-state index in [2.05, 4.69) is 53.5 Å². The largest absolute Gasteiger partial charge is 0.385 e. The van der Waals surface area contributed by atoms with Crippen molar-refractivity contribution in [3.8, 4) is 11.3 Å². The molecule has 0 aliphatic heterocycles. The van der Waals surface area contributed by atoms with E-state index in [9.17, 15) is 0 Å². The maximum Gasteiger partial charge on any atom is 0.155 e. The molecular formula is C16H18N4. The number of nitrogens with one attached hydrogen (secondary N) is 1. The molecule has 0 atom stereocenters. The third-order valence-corrected chi connectivity index (χ3v) is 3.16. The van der Waals surface area contributed by atoms with Crippen LogP contribution in [0.2, 0.25) is 0 Å². The summed E-state index contributed by atoms with van der Waals surface area (Å²) < 4.78 is 1.86. The molecule has 0 aliphatic rings. The fourth-order valence-electron chi connectivity index (χ4n) is 2.16. The molecule has 0 unspecified atom stereocenters. The first-order valence-corrected chi connectivity index (χ1v) is 6.87. The lowest BCUT2D eigenvalue weighted by Crippen LogP contribution is -2.07. The van der Waals surface area contributed by atoms with Gasteiger partial charge in [-0.1, -0.05) is 26.0 Å². The van der Waals surface area contributed by atoms with Crippen molar-refractivity contribution in [2.24, 2.45) is 5.92 Å². The van der Waals surface area contributed by atoms with Crippen LogP contribution < -0.4 is 5.32 Å². The van der Waals surface area contributed by atoms with Crippen LogP contribution in [0, 0.1) is 5.92 Å². The van der Waals surface area contributed by atoms with E-state index in [1.54, 1.807) is 6.20 Å². The lowest BCUT2D eigenvalue weighted by molar-refractivity contribution is 0.689. The van der Waals surface area contributed by atoms with Crippen LogP contribution in [0.1, 0.15) is 13.8 Å². The molecule has 0 saturated carbocycles. The average Bonchev–Trinajstić information content (AvgIpc) is 2.93. The van der Waals surface area contributed by atoms with E-state index in [1.165, 1.54) is 0 Å². The number of benzene rings is 1. The second-order valence-electron chi connectivity index (χ2n) is 5.29. The van der Waals surface area contributed by atoms with Crippen LogP contribution in [0.3, 0.4) is 0 Å². The van der Waals surface area contributed by atoms with E-state index in [4.69, 9.17) is 0 Å². The van der Waals surface area contributed by atoms with Crippen LogP contribution >= 0.6 is 0 Å². The lowest BCUT2D eigenvalue weighted by Gasteiger charge is -2.11. The van der Waals surface area contributed by atoms with Crippen molar-refractivity contribution < 1.29 is 0 Å². The molecule has 0 saturated heterocycles. The topological polar surface area (TPSA) is 42.2 Å². The normalized spacial score (nSPS) is 11.2. The number of rotatable bonds is 4. The first-order valence-electron chi connectivity index (χ1n) is 6.87. The van der Waals surface area contributed by atoms with Gasteiger partial charge in [0.05, 0.1) is 11.9 Å². The molecule has 20 heavy (non-hydrogen) atoms. The summed E-state index contributed by atoms with van der Waals surface area (Å²) in [6.07, 6.45) is 3.59. The molecular weight excluding hydrogens is 248 g/mol. The van der Waals surface area contributed by atoms with E-state index >= 15 is 0 Å². The zero-order valence-corrected chi connectivity index (χ0v) is 11.7. The molecule has 0 spiro atoms. The molecule has 0 fully saturated rings. The van der Waals surface area contributed by atoms with Gasteiger partial charge in [0.15, 0.2) is 5.65 Å². The van der Waals surface area contributed by atoms with Gasteiger partial charge in [-0.05, 0) is 24.1 Å². The van der Waals surface area contributed by atoms with Crippen molar-refractivity contribution in [1.29, 1.82) is 0 Å². The monoisotopic (exact) mass is 266 g/mol. The first kappa shape index (κ1) is 12.7. The van der Waals surface area contributed by atoms with E-state index in [1.807, 2.05) is 22.8 Å². The van der Waals surface area contributed by atoms with Crippen molar-refractivity contribution in [1.82, 2.24) is 14.6 Å². The Hall–Kier alpha value is -2.36. The van der Waals surface area contributed by atoms with Gasteiger partial charge in [-0.15, -0.1) is 0 Å². The summed E-state index contributed by atoms with van der Waals surface area (Å²) in [4.78, 5) is 4.29. The summed E-state index contributed by atoms with van der Waals surface area (Å²) in [6, 6.07) is 12.3. The fourth-order valence-corrected chi connectivity index (χ4v) is 2.16. The van der Waals surface area contributed by atoms with Gasteiger partial charge in [0.1, 0.15) is 0 Å². The van der Waals surface area contributed by atoms with Gasteiger partial charge in [0, 0.05) is 30.1 Å². The van der Waals surface area contributed by atoms with Crippen LogP contribution in [0.25, 0.3) is 16.9 Å². The predicted octanol–water partition coefficient (Wildman–Crippen LogP) is 3.46. The van der Waals surface area contributed by atoms with Crippen molar-refractivity contribution in [2.45, 2.75) is 13.8 Å². The Kier molecular flexibility index (Phi) is 3.37. The third-order valence-electron chi connectivity index (χ3n) is 3.16. The van der Waals surface area contributed by atoms with Gasteiger partial charge in [-0.2, -0.15) is 5.10 Å². The lowest BCUT2D eigenvalue weighted by atomic mass is 10.1. The molecule has 3 aromatic rings. The van der Waals surface area contributed by atoms with Crippen LogP contribution in [-0.2, 0) is 0 Å². The second kappa shape index (κ2) is 5.33. The second-order valence-corrected chi connectivity index (χ2v) is 5.29. The van der Waals surface area contributed by atoms with Crippen LogP contribution in [0.15, 0.2) is 48.8 Å². The van der Waals surface area contributed by atoms with Crippen LogP contribution in [0.4, 0.5) is 5.69 Å². The molecule has 1 N–H and O–H groups in total. The summed E-state index contributed by atoms with van der Waals surface area (Å²) >= 11 is 0. The quantitative estimate of drug-likeness (QED) is 0.786. The van der Waals surface area contributed by atoms with Crippen molar-refractivity contribution in [3.63, 3.8) is 0 Å². The van der Waals surface area contributed by atoms with Crippen molar-refractivity contribution in [3.05, 3.63) is 48.8 Å². The number of hydrogen-bond donors (Lipinski definition) is 1. The fraction of sp³-hybridized carbons (Fsp3) is 0.250. The Morgan fingerprint density at radius 2 is 2.05 bits per heavy atom. The SMILES string of the molecule is CC(C)CNc1cccc(-c2ccnc3ccnn23)c1. The maximum atomic E-state index is 4.33. The Morgan fingerprint density at radius 1 is 1.15 bits per heavy atom. The van der Waals surface area contributed by atoms with Crippen molar-refractivity contribution >= 4 is 11.3 Å². The Bertz CT molecular complexity index is 715. The van der Waals surface area contributed by atoms with Crippen LogP contribution in [0.5, 0.6) is 0 Å². The summed E-state index contributed by atoms with van der Waals surface area (Å²) in [5.74, 6) is 0.623. The summed E-state index contributed by atoms with van der Waals surface area (Å²) in [5, 5.41) is 7.78. The Balaban J connectivity index is 1.97. The third kappa shape index (κ3) is 2.50. The summed E-state index contributed by atoms with van der Waals surface area (Å²) in [5.41, 5.74) is 4.18. The number of aromatic nitrogens is 3. The number of fused-ring (bicyclic) bond motifs is 1. The number of nitrogens with zero attached hydrogens (tertiary/aromatic N) is 3. The highest BCUT2D eigenvalue weighted by molar-refractivity contribution is 5.67. The van der Waals surface area contributed by atoms with E-state index < -0.39 is 0 Å². The van der Waals surface area contributed by atoms with E-state index in [0.29, 0.717) is 5.92 Å². The maximum absolute atomic E-state index is 4.33. The number of anilines is 1. The Morgan fingerprint density at radius 3 is 2.90 bits per heavy atom. The van der Waals surface area contributed by atoms with Crippen molar-refractivity contribution in [2.75, 3.05) is 11.9 Å². The minimum atomic E-state index is 0.623. The van der Waals surface area contributed by atoms with Gasteiger partial charge in [0.2, 0.25) is 0 Å². The van der Waals surface area contributed by atoms with E-state index in [-0.39, 0.29) is 0 Å². The summed E-state index contributed by atoms with van der Waals surface area (Å²) in [7, 11) is 0. The first-order chi connectivity index (χ1) is 9.74. The molecule has 4 heteroatoms. The molecule has 0 bridgehead atoms. The van der Waals surface area contributed by atoms with Gasteiger partial charge in [0.25, 0.3) is 0 Å². The highest BCUT2D eigenvalue weighted by atomic mass is 15.2. The van der Waals surface area contributed by atoms with Crippen LogP contribution in [-0.4, -0.2) is 21.1 Å². The average molecular weight is 266 g/mol. The zero-order valence-electron chi connectivity index (χ0n) is 11.7. The standard InChI is InChI=1S/C16H18N4/c1-12(2)11-18-14-5-3-4-13(10-14)15-6-8-17-16-7-9-19-20(15)16/h3-10,12,18H,11H2,1-2H3. The molecule has 2 heterocycles. The molecule has 3 rings (SSSR count). The molecule has 0 amide bonds. The van der Waals surface area contributed by atoms with Gasteiger partial charge in [-0.3, -0.25) is 0 Å². The molecule has 2 aromatic heterocycles. The smallest absolute Gasteiger partial charge is 0.155 e. The van der Waals surface area contributed by atoms with E-state index in [0.717, 1.165) is 29.1 Å². The summed E-state index contributed by atoms with van der Waals surface area (Å²) in [6.45, 7) is 5.37. The van der Waals surface area contributed by atoms with Gasteiger partial charge in [-0.25, -0.2) is 9.50 Å². The molecule has 0 aliphatic carbocycles. The molecule has 1 aromatic carbocycles. The molecule has 0 radical (unpaired) electrons. The predicted molar refractivity (Wildman–Crippen MR) is 81.8 cm³/mol. The Labute approximate surface area is 118 Å². The van der Waals surface area contributed by atoms with Gasteiger partial charge >= 0.3 is 0 Å². The highest BCUT2D eigenvalue weighted by Gasteiger charge is 2.05. The minimum Gasteiger partial charge on any atom is -0.385 e. The highest BCUT2D eigenvalue weighted by Crippen LogP contribution is 2.22. The molecule has 102 valence electrons. The van der Waals surface area contributed by atoms with Gasteiger partial charge < -0.3 is 5.32 Å². The molecule has 4 nitrogen and oxygen atoms in total.